The highest BCUT2D eigenvalue weighted by Crippen LogP contribution is 2.45. The minimum atomic E-state index is -0.891. The summed E-state index contributed by atoms with van der Waals surface area (Å²) in [4.78, 5) is 12.6. The molecule has 23 heavy (non-hydrogen) atoms. The lowest BCUT2D eigenvalue weighted by Gasteiger charge is -2.44. The zero-order valence-corrected chi connectivity index (χ0v) is 12.4. The number of hydrogen-bond acceptors (Lipinski definition) is 3. The van der Waals surface area contributed by atoms with Crippen LogP contribution < -0.4 is 4.74 Å². The van der Waals surface area contributed by atoms with Crippen LogP contribution in [0, 0.1) is 11.3 Å². The third-order valence-electron chi connectivity index (χ3n) is 4.71. The number of aromatic nitrogens is 1. The predicted molar refractivity (Wildman–Crippen MR) is 81.6 cm³/mol. The first-order valence-corrected chi connectivity index (χ1v) is 7.52. The number of likely N-dealkylation sites (tertiary alicyclic amines) is 1. The Labute approximate surface area is 133 Å². The molecule has 1 spiro atoms. The second kappa shape index (κ2) is 4.78. The van der Waals surface area contributed by atoms with Gasteiger partial charge in [-0.3, -0.25) is 0 Å². The lowest BCUT2D eigenvalue weighted by Crippen LogP contribution is -2.49. The maximum Gasteiger partial charge on any atom is 0.407 e. The second-order valence-corrected chi connectivity index (χ2v) is 5.92. The molecule has 0 aliphatic carbocycles. The molecule has 1 fully saturated rings. The van der Waals surface area contributed by atoms with Crippen LogP contribution in [0.3, 0.4) is 0 Å². The van der Waals surface area contributed by atoms with Crippen molar-refractivity contribution in [3.63, 3.8) is 0 Å². The summed E-state index contributed by atoms with van der Waals surface area (Å²) in [6, 6.07) is 11.5. The van der Waals surface area contributed by atoms with Gasteiger partial charge in [-0.15, -0.1) is 0 Å². The zero-order valence-electron chi connectivity index (χ0n) is 12.4. The van der Waals surface area contributed by atoms with Crippen molar-refractivity contribution in [2.75, 3.05) is 13.1 Å². The van der Waals surface area contributed by atoms with Crippen LogP contribution in [0.25, 0.3) is 5.69 Å². The van der Waals surface area contributed by atoms with E-state index in [0.29, 0.717) is 37.2 Å². The number of carbonyl (C=O) groups is 1. The molecule has 2 aliphatic rings. The Morgan fingerprint density at radius 1 is 1.30 bits per heavy atom. The highest BCUT2D eigenvalue weighted by atomic mass is 16.5. The molecule has 0 bridgehead atoms. The second-order valence-electron chi connectivity index (χ2n) is 5.92. The topological polar surface area (TPSA) is 78.5 Å². The van der Waals surface area contributed by atoms with Gasteiger partial charge in [0.1, 0.15) is 5.75 Å². The van der Waals surface area contributed by atoms with Crippen LogP contribution in [0.2, 0.25) is 0 Å². The minimum absolute atomic E-state index is 0.438. The van der Waals surface area contributed by atoms with Gasteiger partial charge in [-0.1, -0.05) is 0 Å². The van der Waals surface area contributed by atoms with E-state index < -0.39 is 11.7 Å². The number of hydrogen-bond donors (Lipinski definition) is 1. The summed E-state index contributed by atoms with van der Waals surface area (Å²) in [7, 11) is 0. The van der Waals surface area contributed by atoms with Crippen molar-refractivity contribution >= 4 is 6.09 Å². The molecule has 1 saturated heterocycles. The van der Waals surface area contributed by atoms with Gasteiger partial charge in [-0.2, -0.15) is 5.26 Å². The molecule has 6 nitrogen and oxygen atoms in total. The number of carboxylic acid groups (broad SMARTS) is 1. The van der Waals surface area contributed by atoms with E-state index in [1.54, 1.807) is 12.1 Å². The van der Waals surface area contributed by atoms with E-state index in [-0.39, 0.29) is 0 Å². The Kier molecular flexibility index (Phi) is 2.85. The lowest BCUT2D eigenvalue weighted by molar-refractivity contribution is -0.00893. The minimum Gasteiger partial charge on any atom is -0.479 e. The van der Waals surface area contributed by atoms with Crippen LogP contribution in [0.5, 0.6) is 5.75 Å². The number of amides is 1. The normalized spacial score (nSPS) is 17.8. The number of nitrogens with zero attached hydrogens (tertiary/aromatic N) is 3. The van der Waals surface area contributed by atoms with Crippen LogP contribution in [-0.2, 0) is 5.60 Å². The first-order valence-electron chi connectivity index (χ1n) is 7.52. The maximum absolute atomic E-state index is 11.1. The van der Waals surface area contributed by atoms with E-state index in [9.17, 15) is 4.79 Å². The molecule has 2 aliphatic heterocycles. The average molecular weight is 309 g/mol. The van der Waals surface area contributed by atoms with Crippen molar-refractivity contribution in [3.05, 3.63) is 47.8 Å². The highest BCUT2D eigenvalue weighted by Gasteiger charge is 2.44. The molecule has 1 aromatic heterocycles. The van der Waals surface area contributed by atoms with Crippen molar-refractivity contribution in [1.29, 1.82) is 5.26 Å². The molecule has 2 aromatic rings. The molecule has 3 heterocycles. The van der Waals surface area contributed by atoms with Gasteiger partial charge in [0.15, 0.2) is 5.60 Å². The lowest BCUT2D eigenvalue weighted by atomic mass is 9.86. The fourth-order valence-corrected chi connectivity index (χ4v) is 3.51. The van der Waals surface area contributed by atoms with Gasteiger partial charge >= 0.3 is 6.09 Å². The van der Waals surface area contributed by atoms with Gasteiger partial charge in [0.2, 0.25) is 0 Å². The van der Waals surface area contributed by atoms with E-state index in [1.807, 2.05) is 24.4 Å². The van der Waals surface area contributed by atoms with Crippen molar-refractivity contribution in [1.82, 2.24) is 9.47 Å². The summed E-state index contributed by atoms with van der Waals surface area (Å²) in [6.45, 7) is 0.877. The number of fused-ring (bicyclic) bond motifs is 4. The summed E-state index contributed by atoms with van der Waals surface area (Å²) >= 11 is 0. The monoisotopic (exact) mass is 309 g/mol. The fourth-order valence-electron chi connectivity index (χ4n) is 3.51. The molecular weight excluding hydrogens is 294 g/mol. The van der Waals surface area contributed by atoms with E-state index in [4.69, 9.17) is 15.1 Å². The van der Waals surface area contributed by atoms with Crippen molar-refractivity contribution in [2.45, 2.75) is 18.4 Å². The summed E-state index contributed by atoms with van der Waals surface area (Å²) in [5, 5.41) is 18.3. The summed E-state index contributed by atoms with van der Waals surface area (Å²) < 4.78 is 8.40. The fraction of sp³-hybridized carbons (Fsp3) is 0.294. The number of nitriles is 1. The largest absolute Gasteiger partial charge is 0.479 e. The number of piperidine rings is 1. The molecule has 1 amide bonds. The molecule has 0 saturated carbocycles. The first-order chi connectivity index (χ1) is 11.1. The molecule has 4 rings (SSSR count). The Hall–Kier alpha value is -2.94. The highest BCUT2D eigenvalue weighted by molar-refractivity contribution is 5.65. The van der Waals surface area contributed by atoms with Gasteiger partial charge in [0.05, 0.1) is 23.0 Å². The van der Waals surface area contributed by atoms with Crippen LogP contribution in [0.15, 0.2) is 36.5 Å². The van der Waals surface area contributed by atoms with Crippen molar-refractivity contribution in [2.24, 2.45) is 0 Å². The van der Waals surface area contributed by atoms with Crippen LogP contribution in [0.4, 0.5) is 4.79 Å². The van der Waals surface area contributed by atoms with Gasteiger partial charge in [0.25, 0.3) is 0 Å². The van der Waals surface area contributed by atoms with Crippen LogP contribution >= 0.6 is 0 Å². The maximum atomic E-state index is 11.1. The van der Waals surface area contributed by atoms with Gasteiger partial charge in [0, 0.05) is 38.2 Å². The van der Waals surface area contributed by atoms with Gasteiger partial charge in [-0.05, 0) is 24.3 Å². The number of benzene rings is 1. The molecular formula is C17H15N3O3. The molecule has 1 aromatic carbocycles. The molecule has 1 N–H and O–H groups in total. The summed E-state index contributed by atoms with van der Waals surface area (Å²) in [6.07, 6.45) is 2.28. The predicted octanol–water partition coefficient (Wildman–Crippen LogP) is 2.71. The standard InChI is InChI=1S/C17H15N3O3/c18-11-12-3-4-13-14(10-12)23-17(15-2-1-7-20(13)15)5-8-19(9-6-17)16(21)22/h1-4,7,10H,5-6,8-9H2,(H,21,22). The molecule has 0 atom stereocenters. The summed E-state index contributed by atoms with van der Waals surface area (Å²) in [5.41, 5.74) is 1.98. The quantitative estimate of drug-likeness (QED) is 0.811. The third kappa shape index (κ3) is 1.97. The van der Waals surface area contributed by atoms with E-state index >= 15 is 0 Å². The number of ether oxygens (including phenoxy) is 1. The third-order valence-corrected chi connectivity index (χ3v) is 4.71. The number of rotatable bonds is 0. The molecule has 0 radical (unpaired) electrons. The van der Waals surface area contributed by atoms with Crippen LogP contribution in [-0.4, -0.2) is 33.8 Å². The van der Waals surface area contributed by atoms with Gasteiger partial charge < -0.3 is 19.3 Å². The average Bonchev–Trinajstić information content (AvgIpc) is 3.06. The van der Waals surface area contributed by atoms with Crippen molar-refractivity contribution < 1.29 is 14.6 Å². The molecule has 116 valence electrons. The molecule has 6 heteroatoms. The Morgan fingerprint density at radius 3 is 2.78 bits per heavy atom. The van der Waals surface area contributed by atoms with Gasteiger partial charge in [-0.25, -0.2) is 4.79 Å². The van der Waals surface area contributed by atoms with E-state index in [2.05, 4.69) is 10.6 Å². The zero-order chi connectivity index (χ0) is 16.0. The first kappa shape index (κ1) is 13.7. The molecule has 0 unspecified atom stereocenters. The summed E-state index contributed by atoms with van der Waals surface area (Å²) in [5.74, 6) is 0.677. The van der Waals surface area contributed by atoms with E-state index in [1.165, 1.54) is 4.90 Å². The SMILES string of the molecule is N#Cc1ccc2c(c1)OC1(CCN(C(=O)O)CC1)c1cccn1-2. The Balaban J connectivity index is 1.77. The van der Waals surface area contributed by atoms with Crippen LogP contribution in [0.1, 0.15) is 24.1 Å². The smallest absolute Gasteiger partial charge is 0.407 e. The van der Waals surface area contributed by atoms with E-state index in [0.717, 1.165) is 11.4 Å². The Bertz CT molecular complexity index is 826. The van der Waals surface area contributed by atoms with Crippen molar-refractivity contribution in [3.8, 4) is 17.5 Å². The Morgan fingerprint density at radius 2 is 2.09 bits per heavy atom.